The van der Waals surface area contributed by atoms with E-state index in [9.17, 15) is 9.59 Å². The molecule has 4 N–H and O–H groups in total. The van der Waals surface area contributed by atoms with E-state index in [1.807, 2.05) is 60.8 Å². The zero-order valence-corrected chi connectivity index (χ0v) is 22.3. The minimum atomic E-state index is -0.648. The van der Waals surface area contributed by atoms with Gasteiger partial charge in [-0.1, -0.05) is 60.7 Å². The molecule has 5 rings (SSSR count). The number of hydrogen-bond acceptors (Lipinski definition) is 5. The Kier molecular flexibility index (Phi) is 7.35. The zero-order valence-electron chi connectivity index (χ0n) is 21.5. The van der Waals surface area contributed by atoms with E-state index in [1.54, 1.807) is 36.7 Å². The van der Waals surface area contributed by atoms with Crippen molar-refractivity contribution in [3.05, 3.63) is 90.8 Å². The first-order valence-electron chi connectivity index (χ1n) is 12.6. The van der Waals surface area contributed by atoms with Crippen molar-refractivity contribution in [1.82, 2.24) is 15.3 Å². The van der Waals surface area contributed by atoms with Crippen LogP contribution in [-0.4, -0.2) is 39.1 Å². The smallest absolute Gasteiger partial charge is 0.250 e. The molecule has 0 fully saturated rings. The molecule has 1 aromatic heterocycles. The summed E-state index contributed by atoms with van der Waals surface area (Å²) in [5, 5.41) is 2.93. The van der Waals surface area contributed by atoms with Gasteiger partial charge >= 0.3 is 0 Å². The summed E-state index contributed by atoms with van der Waals surface area (Å²) in [6, 6.07) is 23.6. The van der Waals surface area contributed by atoms with Gasteiger partial charge in [0.2, 0.25) is 5.91 Å². The summed E-state index contributed by atoms with van der Waals surface area (Å²) >= 11 is 1.58. The first-order valence-corrected chi connectivity index (χ1v) is 13.6. The van der Waals surface area contributed by atoms with Gasteiger partial charge in [-0.05, 0) is 42.7 Å². The first kappa shape index (κ1) is 25.8. The summed E-state index contributed by atoms with van der Waals surface area (Å²) in [6.45, 7) is 4.00. The second-order valence-electron chi connectivity index (χ2n) is 10.2. The maximum Gasteiger partial charge on any atom is 0.250 e. The number of imidazole rings is 1. The molecule has 2 amide bonds. The number of benzene rings is 3. The fourth-order valence-corrected chi connectivity index (χ4v) is 5.68. The van der Waals surface area contributed by atoms with Crippen LogP contribution < -0.4 is 16.0 Å². The molecular weight excluding hydrogens is 494 g/mol. The Hall–Kier alpha value is -3.88. The number of carbonyl (C=O) groups excluding carboxylic acids is 2. The molecule has 194 valence electrons. The predicted octanol–water partition coefficient (Wildman–Crippen LogP) is 4.99. The van der Waals surface area contributed by atoms with E-state index in [2.05, 4.69) is 33.5 Å². The van der Waals surface area contributed by atoms with Crippen molar-refractivity contribution in [2.75, 3.05) is 10.7 Å². The molecular formula is C30H31N5O2S. The highest BCUT2D eigenvalue weighted by Crippen LogP contribution is 2.36. The summed E-state index contributed by atoms with van der Waals surface area (Å²) in [5.41, 5.74) is 10.4. The lowest BCUT2D eigenvalue weighted by atomic mass is 9.98. The Morgan fingerprint density at radius 1 is 1.08 bits per heavy atom. The zero-order chi connectivity index (χ0) is 26.7. The highest BCUT2D eigenvalue weighted by Gasteiger charge is 2.32. The maximum atomic E-state index is 13.7. The number of nitrogens with two attached hydrogens (primary N) is 1. The number of rotatable bonds is 7. The van der Waals surface area contributed by atoms with Crippen LogP contribution in [0.25, 0.3) is 22.5 Å². The van der Waals surface area contributed by atoms with Crippen LogP contribution in [0.2, 0.25) is 0 Å². The van der Waals surface area contributed by atoms with E-state index in [4.69, 9.17) is 5.73 Å². The van der Waals surface area contributed by atoms with Gasteiger partial charge < -0.3 is 20.9 Å². The average molecular weight is 526 g/mol. The average Bonchev–Trinajstić information content (AvgIpc) is 3.40. The van der Waals surface area contributed by atoms with Crippen molar-refractivity contribution in [3.8, 4) is 22.5 Å². The van der Waals surface area contributed by atoms with E-state index in [-0.39, 0.29) is 18.2 Å². The monoisotopic (exact) mass is 525 g/mol. The number of thioether (sulfide) groups is 1. The molecule has 3 aromatic carbocycles. The number of aromatic amines is 1. The highest BCUT2D eigenvalue weighted by atomic mass is 32.2. The summed E-state index contributed by atoms with van der Waals surface area (Å²) in [4.78, 5) is 36.8. The number of H-pyrrole nitrogens is 1. The molecule has 1 atom stereocenters. The van der Waals surface area contributed by atoms with Gasteiger partial charge in [0.1, 0.15) is 11.9 Å². The first-order chi connectivity index (χ1) is 18.3. The second kappa shape index (κ2) is 10.8. The molecule has 38 heavy (non-hydrogen) atoms. The van der Waals surface area contributed by atoms with Gasteiger partial charge in [-0.15, -0.1) is 11.8 Å². The third kappa shape index (κ3) is 5.82. The molecule has 0 unspecified atom stereocenters. The van der Waals surface area contributed by atoms with Crippen LogP contribution in [0.1, 0.15) is 25.8 Å². The molecule has 8 heteroatoms. The van der Waals surface area contributed by atoms with Gasteiger partial charge in [-0.2, -0.15) is 0 Å². The Bertz CT molecular complexity index is 1430. The van der Waals surface area contributed by atoms with E-state index >= 15 is 0 Å². The largest absolute Gasteiger partial charge is 0.345 e. The molecule has 7 nitrogen and oxygen atoms in total. The number of fused-ring (bicyclic) bond motifs is 1. The fraction of sp³-hybridized carbons (Fsp3) is 0.233. The number of nitrogens with zero attached hydrogens (tertiary/aromatic N) is 2. The Balaban J connectivity index is 1.40. The third-order valence-corrected chi connectivity index (χ3v) is 7.52. The van der Waals surface area contributed by atoms with E-state index in [1.165, 1.54) is 0 Å². The fourth-order valence-electron chi connectivity index (χ4n) is 4.61. The summed E-state index contributed by atoms with van der Waals surface area (Å²) in [5.74, 6) is 0.936. The van der Waals surface area contributed by atoms with Gasteiger partial charge in [0.05, 0.1) is 12.2 Å². The maximum absolute atomic E-state index is 13.7. The van der Waals surface area contributed by atoms with E-state index in [0.29, 0.717) is 12.3 Å². The standard InChI is InChI=1S/C30H31N5O2S/c1-30(2,31)17-27(36)34-24-19-38-26-10-6-5-9-25(26)35(29(24)37)18-20-11-13-21(14-12-20)22-7-3-4-8-23(22)28-32-15-16-33-28/h3-16,24H,17-19,31H2,1-2H3,(H,32,33)(H,34,36)/t24-/m1/s1. The van der Waals surface area contributed by atoms with Crippen molar-refractivity contribution in [2.45, 2.75) is 43.3 Å². The van der Waals surface area contributed by atoms with Crippen molar-refractivity contribution >= 4 is 29.3 Å². The molecule has 2 heterocycles. The quantitative estimate of drug-likeness (QED) is 0.315. The summed E-state index contributed by atoms with van der Waals surface area (Å²) < 4.78 is 0. The predicted molar refractivity (Wildman–Crippen MR) is 153 cm³/mol. The highest BCUT2D eigenvalue weighted by molar-refractivity contribution is 7.99. The molecule has 1 aliphatic heterocycles. The van der Waals surface area contributed by atoms with Crippen LogP contribution in [0.15, 0.2) is 90.1 Å². The van der Waals surface area contributed by atoms with Crippen LogP contribution in [0, 0.1) is 0 Å². The summed E-state index contributed by atoms with van der Waals surface area (Å²) in [6.07, 6.45) is 3.71. The van der Waals surface area contributed by atoms with Gasteiger partial charge in [0.15, 0.2) is 0 Å². The Labute approximate surface area is 226 Å². The molecule has 0 saturated carbocycles. The van der Waals surface area contributed by atoms with Crippen LogP contribution in [0.5, 0.6) is 0 Å². The molecule has 0 radical (unpaired) electrons. The van der Waals surface area contributed by atoms with Gasteiger partial charge in [-0.3, -0.25) is 9.59 Å². The topological polar surface area (TPSA) is 104 Å². The number of anilines is 1. The van der Waals surface area contributed by atoms with Crippen LogP contribution in [-0.2, 0) is 16.1 Å². The number of amides is 2. The normalized spacial score (nSPS) is 15.6. The Morgan fingerprint density at radius 3 is 2.50 bits per heavy atom. The van der Waals surface area contributed by atoms with Gasteiger partial charge in [0, 0.05) is 40.6 Å². The van der Waals surface area contributed by atoms with Crippen molar-refractivity contribution in [2.24, 2.45) is 5.73 Å². The van der Waals surface area contributed by atoms with E-state index < -0.39 is 11.6 Å². The number of hydrogen-bond donors (Lipinski definition) is 3. The van der Waals surface area contributed by atoms with Crippen LogP contribution >= 0.6 is 11.8 Å². The SMILES string of the molecule is CC(C)(N)CC(=O)N[C@@H]1CSc2ccccc2N(Cc2ccc(-c3ccccc3-c3ncc[nH]3)cc2)C1=O. The minimum absolute atomic E-state index is 0.127. The Morgan fingerprint density at radius 2 is 1.79 bits per heavy atom. The van der Waals surface area contributed by atoms with Crippen molar-refractivity contribution < 1.29 is 9.59 Å². The van der Waals surface area contributed by atoms with Crippen LogP contribution in [0.3, 0.4) is 0 Å². The number of aromatic nitrogens is 2. The lowest BCUT2D eigenvalue weighted by Gasteiger charge is -2.27. The lowest BCUT2D eigenvalue weighted by molar-refractivity contribution is -0.127. The second-order valence-corrected chi connectivity index (χ2v) is 11.2. The minimum Gasteiger partial charge on any atom is -0.345 e. The summed E-state index contributed by atoms with van der Waals surface area (Å²) in [7, 11) is 0. The van der Waals surface area contributed by atoms with Gasteiger partial charge in [0.25, 0.3) is 5.91 Å². The lowest BCUT2D eigenvalue weighted by Crippen LogP contribution is -2.51. The molecule has 0 aliphatic carbocycles. The molecule has 4 aromatic rings. The van der Waals surface area contributed by atoms with Crippen molar-refractivity contribution in [1.29, 1.82) is 0 Å². The van der Waals surface area contributed by atoms with Crippen LogP contribution in [0.4, 0.5) is 5.69 Å². The molecule has 1 aliphatic rings. The van der Waals surface area contributed by atoms with Crippen molar-refractivity contribution in [3.63, 3.8) is 0 Å². The van der Waals surface area contributed by atoms with E-state index in [0.717, 1.165) is 38.7 Å². The number of para-hydroxylation sites is 1. The molecule has 0 saturated heterocycles. The third-order valence-electron chi connectivity index (χ3n) is 6.36. The number of nitrogens with one attached hydrogen (secondary N) is 2. The number of carbonyl (C=O) groups is 2. The molecule has 0 bridgehead atoms. The molecule has 0 spiro atoms. The van der Waals surface area contributed by atoms with Gasteiger partial charge in [-0.25, -0.2) is 4.98 Å².